The number of hydrazone groups is 1. The third kappa shape index (κ3) is 5.74. The zero-order valence-corrected chi connectivity index (χ0v) is 20.2. The Kier molecular flexibility index (Phi) is 7.54. The maximum Gasteiger partial charge on any atom is 0.355 e. The Hall–Kier alpha value is -4.01. The van der Waals surface area contributed by atoms with Crippen molar-refractivity contribution in [3.05, 3.63) is 99.4 Å². The Bertz CT molecular complexity index is 1450. The molecule has 0 saturated carbocycles. The number of esters is 1. The number of carbonyl (C=O) groups is 3. The van der Waals surface area contributed by atoms with E-state index in [1.165, 1.54) is 17.6 Å². The SMILES string of the molecule is Cc1ccccc1C(=O)NCC(=O)N/N=C/c1ccccc1OC(=O)c1sc2ccccc2c1Cl. The molecule has 1 heterocycles. The minimum atomic E-state index is -0.583. The van der Waals surface area contributed by atoms with Gasteiger partial charge in [-0.25, -0.2) is 10.2 Å². The molecule has 0 radical (unpaired) electrons. The van der Waals surface area contributed by atoms with Crippen LogP contribution in [-0.2, 0) is 4.79 Å². The molecule has 176 valence electrons. The lowest BCUT2D eigenvalue weighted by atomic mass is 10.1. The Morgan fingerprint density at radius 1 is 1.00 bits per heavy atom. The third-order valence-corrected chi connectivity index (χ3v) is 6.69. The van der Waals surface area contributed by atoms with Gasteiger partial charge in [0.15, 0.2) is 0 Å². The molecule has 4 rings (SSSR count). The van der Waals surface area contributed by atoms with Gasteiger partial charge in [0.1, 0.15) is 10.6 Å². The normalized spacial score (nSPS) is 10.9. The van der Waals surface area contributed by atoms with Gasteiger partial charge in [0.05, 0.1) is 17.8 Å². The van der Waals surface area contributed by atoms with Crippen LogP contribution in [0.25, 0.3) is 10.1 Å². The second-order valence-electron chi connectivity index (χ2n) is 7.46. The van der Waals surface area contributed by atoms with E-state index < -0.39 is 11.9 Å². The number of thiophene rings is 1. The van der Waals surface area contributed by atoms with Crippen LogP contribution in [0.2, 0.25) is 5.02 Å². The summed E-state index contributed by atoms with van der Waals surface area (Å²) >= 11 is 7.64. The van der Waals surface area contributed by atoms with Crippen LogP contribution in [-0.4, -0.2) is 30.5 Å². The van der Waals surface area contributed by atoms with Crippen molar-refractivity contribution in [3.8, 4) is 5.75 Å². The smallest absolute Gasteiger partial charge is 0.355 e. The number of fused-ring (bicyclic) bond motifs is 1. The van der Waals surface area contributed by atoms with Gasteiger partial charge in [-0.3, -0.25) is 9.59 Å². The molecule has 2 N–H and O–H groups in total. The van der Waals surface area contributed by atoms with E-state index in [2.05, 4.69) is 15.8 Å². The van der Waals surface area contributed by atoms with Crippen LogP contribution in [0.4, 0.5) is 0 Å². The van der Waals surface area contributed by atoms with Crippen LogP contribution in [0, 0.1) is 6.92 Å². The predicted octanol–water partition coefficient (Wildman–Crippen LogP) is 4.96. The maximum atomic E-state index is 12.8. The fourth-order valence-electron chi connectivity index (χ4n) is 3.27. The van der Waals surface area contributed by atoms with Gasteiger partial charge in [0.2, 0.25) is 0 Å². The van der Waals surface area contributed by atoms with Gasteiger partial charge in [0.25, 0.3) is 11.8 Å². The van der Waals surface area contributed by atoms with Gasteiger partial charge in [-0.05, 0) is 36.8 Å². The molecule has 0 aliphatic rings. The Morgan fingerprint density at radius 2 is 1.71 bits per heavy atom. The van der Waals surface area contributed by atoms with E-state index in [1.54, 1.807) is 36.4 Å². The number of benzene rings is 3. The largest absolute Gasteiger partial charge is 0.422 e. The second kappa shape index (κ2) is 10.9. The molecule has 0 bridgehead atoms. The highest BCUT2D eigenvalue weighted by atomic mass is 35.5. The van der Waals surface area contributed by atoms with E-state index in [4.69, 9.17) is 16.3 Å². The lowest BCUT2D eigenvalue weighted by Gasteiger charge is -2.07. The number of carbonyl (C=O) groups excluding carboxylic acids is 3. The molecule has 1 aromatic heterocycles. The van der Waals surface area contributed by atoms with Crippen molar-refractivity contribution < 1.29 is 19.1 Å². The summed E-state index contributed by atoms with van der Waals surface area (Å²) in [5.41, 5.74) is 4.13. The van der Waals surface area contributed by atoms with Crippen molar-refractivity contribution in [1.82, 2.24) is 10.7 Å². The zero-order chi connectivity index (χ0) is 24.8. The van der Waals surface area contributed by atoms with Crippen LogP contribution in [0.1, 0.15) is 31.2 Å². The molecule has 0 atom stereocenters. The monoisotopic (exact) mass is 505 g/mol. The summed E-state index contributed by atoms with van der Waals surface area (Å²) in [4.78, 5) is 37.4. The van der Waals surface area contributed by atoms with E-state index in [0.717, 1.165) is 15.6 Å². The first-order valence-electron chi connectivity index (χ1n) is 10.6. The number of halogens is 1. The molecule has 3 aromatic carbocycles. The van der Waals surface area contributed by atoms with Gasteiger partial charge in [0, 0.05) is 21.2 Å². The molecule has 4 aromatic rings. The first-order chi connectivity index (χ1) is 16.9. The summed E-state index contributed by atoms with van der Waals surface area (Å²) in [5, 5.41) is 7.61. The summed E-state index contributed by atoms with van der Waals surface area (Å²) in [6.07, 6.45) is 1.36. The van der Waals surface area contributed by atoms with Gasteiger partial charge in [-0.2, -0.15) is 5.10 Å². The molecule has 2 amide bonds. The van der Waals surface area contributed by atoms with Crippen molar-refractivity contribution in [2.45, 2.75) is 6.92 Å². The highest BCUT2D eigenvalue weighted by molar-refractivity contribution is 7.21. The molecule has 7 nitrogen and oxygen atoms in total. The topological polar surface area (TPSA) is 96.9 Å². The average molecular weight is 506 g/mol. The molecule has 9 heteroatoms. The number of amides is 2. The van der Waals surface area contributed by atoms with Crippen LogP contribution >= 0.6 is 22.9 Å². The summed E-state index contributed by atoms with van der Waals surface area (Å²) in [6, 6.07) is 21.3. The number of aryl methyl sites for hydroxylation is 1. The highest BCUT2D eigenvalue weighted by Gasteiger charge is 2.19. The number of hydrogen-bond acceptors (Lipinski definition) is 6. The third-order valence-electron chi connectivity index (χ3n) is 5.03. The van der Waals surface area contributed by atoms with Gasteiger partial charge < -0.3 is 10.1 Å². The average Bonchev–Trinajstić information content (AvgIpc) is 3.20. The Labute approximate surface area is 210 Å². The molecule has 0 aliphatic heterocycles. The molecule has 0 saturated heterocycles. The van der Waals surface area contributed by atoms with Crippen molar-refractivity contribution in [2.24, 2.45) is 5.10 Å². The molecular formula is C26H20ClN3O4S. The lowest BCUT2D eigenvalue weighted by molar-refractivity contribution is -0.120. The van der Waals surface area contributed by atoms with Crippen LogP contribution in [0.3, 0.4) is 0 Å². The molecule has 0 spiro atoms. The van der Waals surface area contributed by atoms with E-state index in [9.17, 15) is 14.4 Å². The number of para-hydroxylation sites is 1. The zero-order valence-electron chi connectivity index (χ0n) is 18.6. The molecule has 0 unspecified atom stereocenters. The predicted molar refractivity (Wildman–Crippen MR) is 137 cm³/mol. The van der Waals surface area contributed by atoms with Crippen LogP contribution in [0.5, 0.6) is 5.75 Å². The number of ether oxygens (including phenoxy) is 1. The second-order valence-corrected chi connectivity index (χ2v) is 8.89. The molecule has 0 aliphatic carbocycles. The van der Waals surface area contributed by atoms with E-state index in [-0.39, 0.29) is 18.2 Å². The van der Waals surface area contributed by atoms with Crippen molar-refractivity contribution in [1.29, 1.82) is 0 Å². The number of nitrogens with one attached hydrogen (secondary N) is 2. The fraction of sp³-hybridized carbons (Fsp3) is 0.0769. The summed E-state index contributed by atoms with van der Waals surface area (Å²) < 4.78 is 6.45. The number of hydrogen-bond donors (Lipinski definition) is 2. The first-order valence-corrected chi connectivity index (χ1v) is 11.8. The lowest BCUT2D eigenvalue weighted by Crippen LogP contribution is -2.35. The summed E-state index contributed by atoms with van der Waals surface area (Å²) in [5.74, 6) is -1.18. The van der Waals surface area contributed by atoms with Crippen molar-refractivity contribution in [2.75, 3.05) is 6.54 Å². The fourth-order valence-corrected chi connectivity index (χ4v) is 4.65. The van der Waals surface area contributed by atoms with Crippen LogP contribution in [0.15, 0.2) is 77.9 Å². The van der Waals surface area contributed by atoms with Crippen molar-refractivity contribution in [3.63, 3.8) is 0 Å². The van der Waals surface area contributed by atoms with E-state index in [1.807, 2.05) is 43.3 Å². The summed E-state index contributed by atoms with van der Waals surface area (Å²) in [6.45, 7) is 1.57. The van der Waals surface area contributed by atoms with E-state index in [0.29, 0.717) is 21.0 Å². The van der Waals surface area contributed by atoms with E-state index >= 15 is 0 Å². The minimum Gasteiger partial charge on any atom is -0.422 e. The number of rotatable bonds is 7. The van der Waals surface area contributed by atoms with Gasteiger partial charge in [-0.15, -0.1) is 11.3 Å². The van der Waals surface area contributed by atoms with Crippen molar-refractivity contribution >= 4 is 57.0 Å². The maximum absolute atomic E-state index is 12.8. The van der Waals surface area contributed by atoms with Crippen LogP contribution < -0.4 is 15.5 Å². The number of nitrogens with zero attached hydrogens (tertiary/aromatic N) is 1. The minimum absolute atomic E-state index is 0.244. The quantitative estimate of drug-likeness (QED) is 0.160. The Morgan fingerprint density at radius 3 is 2.51 bits per heavy atom. The summed E-state index contributed by atoms with van der Waals surface area (Å²) in [7, 11) is 0. The molecule has 35 heavy (non-hydrogen) atoms. The highest BCUT2D eigenvalue weighted by Crippen LogP contribution is 2.36. The Balaban J connectivity index is 1.37. The van der Waals surface area contributed by atoms with Gasteiger partial charge >= 0.3 is 5.97 Å². The molecule has 0 fully saturated rings. The van der Waals surface area contributed by atoms with Gasteiger partial charge in [-0.1, -0.05) is 60.1 Å². The first kappa shape index (κ1) is 24.1. The molecular weight excluding hydrogens is 486 g/mol. The standard InChI is InChI=1S/C26H20ClN3O4S/c1-16-8-2-4-10-18(16)25(32)28-15-22(31)30-29-14-17-9-3-6-12-20(17)34-26(33)24-23(27)19-11-5-7-13-21(19)35-24/h2-14H,15H2,1H3,(H,28,32)(H,30,31)/b29-14+.